The maximum Gasteiger partial charge on any atom is 0.227 e. The molecule has 1 aromatic carbocycles. The normalized spacial score (nSPS) is 21.2. The van der Waals surface area contributed by atoms with E-state index in [-0.39, 0.29) is 17.6 Å². The van der Waals surface area contributed by atoms with Crippen LogP contribution in [0.1, 0.15) is 35.8 Å². The van der Waals surface area contributed by atoms with E-state index in [0.29, 0.717) is 18.9 Å². The summed E-state index contributed by atoms with van der Waals surface area (Å²) >= 11 is 1.59. The lowest BCUT2D eigenvalue weighted by Gasteiger charge is -2.33. The topological polar surface area (TPSA) is 64.8 Å². The van der Waals surface area contributed by atoms with Gasteiger partial charge in [-0.25, -0.2) is 4.39 Å². The Balaban J connectivity index is 1.52. The molecule has 1 atom stereocenters. The van der Waals surface area contributed by atoms with Crippen molar-refractivity contribution in [2.24, 2.45) is 11.7 Å². The molecule has 0 aliphatic carbocycles. The number of carbonyl (C=O) groups excluding carboxylic acids is 1. The minimum Gasteiger partial charge on any atom is -0.460 e. The first-order valence-electron chi connectivity index (χ1n) is 8.73. The highest BCUT2D eigenvalue weighted by Crippen LogP contribution is 2.37. The van der Waals surface area contributed by atoms with Crippen molar-refractivity contribution in [3.8, 4) is 5.75 Å². The van der Waals surface area contributed by atoms with Crippen LogP contribution in [0.25, 0.3) is 0 Å². The fraction of sp³-hybridized carbons (Fsp3) is 0.421. The number of benzene rings is 1. The Bertz CT molecular complexity index is 788. The number of piperidine rings is 1. The highest BCUT2D eigenvalue weighted by atomic mass is 32.1. The van der Waals surface area contributed by atoms with Crippen LogP contribution >= 0.6 is 11.3 Å². The van der Waals surface area contributed by atoms with Crippen molar-refractivity contribution in [1.29, 1.82) is 0 Å². The van der Waals surface area contributed by atoms with Crippen LogP contribution in [0.3, 0.4) is 0 Å². The van der Waals surface area contributed by atoms with Crippen molar-refractivity contribution >= 4 is 17.2 Å². The fourth-order valence-electron chi connectivity index (χ4n) is 3.58. The third-order valence-corrected chi connectivity index (χ3v) is 5.72. The lowest BCUT2D eigenvalue weighted by molar-refractivity contribution is -0.123. The highest BCUT2D eigenvalue weighted by molar-refractivity contribution is 7.07. The molecule has 138 valence electrons. The minimum atomic E-state index is -0.460. The van der Waals surface area contributed by atoms with Gasteiger partial charge in [0.2, 0.25) is 12.2 Å². The third-order valence-electron chi connectivity index (χ3n) is 5.02. The van der Waals surface area contributed by atoms with Gasteiger partial charge in [0, 0.05) is 34.5 Å². The number of hydrogen-bond donors (Lipinski definition) is 1. The molecule has 0 radical (unpaired) electrons. The SMILES string of the molecule is NC(=O)C1CCN(Cc2cc(F)cc3c2O[C@H](c2ccsc2)OC3)CC1. The maximum absolute atomic E-state index is 14.1. The second-order valence-electron chi connectivity index (χ2n) is 6.82. The Kier molecular flexibility index (Phi) is 4.93. The number of likely N-dealkylation sites (tertiary alicyclic amines) is 1. The van der Waals surface area contributed by atoms with Crippen molar-refractivity contribution in [1.82, 2.24) is 4.90 Å². The Hall–Kier alpha value is -1.96. The maximum atomic E-state index is 14.1. The molecule has 2 aliphatic heterocycles. The summed E-state index contributed by atoms with van der Waals surface area (Å²) in [6.45, 7) is 2.44. The van der Waals surface area contributed by atoms with Gasteiger partial charge in [-0.15, -0.1) is 0 Å². The first-order chi connectivity index (χ1) is 12.6. The van der Waals surface area contributed by atoms with Crippen LogP contribution in [0.4, 0.5) is 4.39 Å². The summed E-state index contributed by atoms with van der Waals surface area (Å²) in [4.78, 5) is 13.5. The quantitative estimate of drug-likeness (QED) is 0.890. The van der Waals surface area contributed by atoms with Crippen molar-refractivity contribution in [2.45, 2.75) is 32.3 Å². The van der Waals surface area contributed by atoms with E-state index in [1.54, 1.807) is 11.3 Å². The Morgan fingerprint density at radius 2 is 2.15 bits per heavy atom. The van der Waals surface area contributed by atoms with Crippen molar-refractivity contribution in [3.05, 3.63) is 51.5 Å². The highest BCUT2D eigenvalue weighted by Gasteiger charge is 2.28. The molecular weight excluding hydrogens is 355 g/mol. The van der Waals surface area contributed by atoms with E-state index in [1.807, 2.05) is 16.8 Å². The second kappa shape index (κ2) is 7.34. The fourth-order valence-corrected chi connectivity index (χ4v) is 4.25. The summed E-state index contributed by atoms with van der Waals surface area (Å²) in [6.07, 6.45) is 1.03. The summed E-state index contributed by atoms with van der Waals surface area (Å²) in [5.74, 6) is 0.144. The lowest BCUT2D eigenvalue weighted by Crippen LogP contribution is -2.38. The molecule has 0 unspecified atom stereocenters. The van der Waals surface area contributed by atoms with Crippen LogP contribution in [-0.2, 0) is 22.7 Å². The zero-order valence-corrected chi connectivity index (χ0v) is 15.1. The number of nitrogens with zero attached hydrogens (tertiary/aromatic N) is 1. The van der Waals surface area contributed by atoms with Gasteiger partial charge in [-0.2, -0.15) is 11.3 Å². The minimum absolute atomic E-state index is 0.0553. The molecule has 26 heavy (non-hydrogen) atoms. The lowest BCUT2D eigenvalue weighted by atomic mass is 9.95. The Morgan fingerprint density at radius 1 is 1.35 bits per heavy atom. The number of halogens is 1. The van der Waals surface area contributed by atoms with Crippen LogP contribution in [-0.4, -0.2) is 23.9 Å². The van der Waals surface area contributed by atoms with Crippen LogP contribution in [0.2, 0.25) is 0 Å². The molecule has 3 heterocycles. The van der Waals surface area contributed by atoms with Gasteiger partial charge in [0.05, 0.1) is 6.61 Å². The summed E-state index contributed by atoms with van der Waals surface area (Å²) in [7, 11) is 0. The number of carbonyl (C=O) groups is 1. The van der Waals surface area contributed by atoms with Crippen molar-refractivity contribution in [3.63, 3.8) is 0 Å². The van der Waals surface area contributed by atoms with E-state index < -0.39 is 6.29 Å². The zero-order chi connectivity index (χ0) is 18.1. The number of fused-ring (bicyclic) bond motifs is 1. The van der Waals surface area contributed by atoms with Crippen LogP contribution in [0, 0.1) is 11.7 Å². The molecule has 1 amide bonds. The number of amides is 1. The molecule has 1 aromatic heterocycles. The van der Waals surface area contributed by atoms with E-state index in [2.05, 4.69) is 4.90 Å². The number of rotatable bonds is 4. The number of ether oxygens (including phenoxy) is 2. The van der Waals surface area contributed by atoms with Gasteiger partial charge in [-0.05, 0) is 49.5 Å². The van der Waals surface area contributed by atoms with E-state index in [4.69, 9.17) is 15.2 Å². The number of thiophene rings is 1. The molecule has 2 N–H and O–H groups in total. The van der Waals surface area contributed by atoms with Gasteiger partial charge < -0.3 is 15.2 Å². The molecule has 2 aliphatic rings. The third kappa shape index (κ3) is 3.60. The molecule has 4 rings (SSSR count). The Labute approximate surface area is 155 Å². The van der Waals surface area contributed by atoms with E-state index in [0.717, 1.165) is 42.6 Å². The molecule has 0 bridgehead atoms. The summed E-state index contributed by atoms with van der Waals surface area (Å²) in [5, 5.41) is 3.97. The average molecular weight is 376 g/mol. The average Bonchev–Trinajstić information content (AvgIpc) is 3.16. The monoisotopic (exact) mass is 376 g/mol. The number of nitrogens with two attached hydrogens (primary N) is 1. The van der Waals surface area contributed by atoms with Gasteiger partial charge >= 0.3 is 0 Å². The van der Waals surface area contributed by atoms with Gasteiger partial charge in [-0.1, -0.05) is 0 Å². The molecule has 1 saturated heterocycles. The van der Waals surface area contributed by atoms with E-state index in [1.165, 1.54) is 12.1 Å². The standard InChI is InChI=1S/C19H21FN2O3S/c20-16-7-14(9-22-4-1-12(2-5-22)18(21)23)17-15(8-16)10-24-19(25-17)13-3-6-26-11-13/h3,6-8,11-12,19H,1-2,4-5,9-10H2,(H2,21,23)/t19-/m1/s1. The molecule has 2 aromatic rings. The van der Waals surface area contributed by atoms with Gasteiger partial charge in [0.1, 0.15) is 11.6 Å². The van der Waals surface area contributed by atoms with Crippen LogP contribution < -0.4 is 10.5 Å². The largest absolute Gasteiger partial charge is 0.460 e. The number of hydrogen-bond acceptors (Lipinski definition) is 5. The molecule has 0 saturated carbocycles. The first kappa shape index (κ1) is 17.5. The smallest absolute Gasteiger partial charge is 0.227 e. The van der Waals surface area contributed by atoms with Crippen molar-refractivity contribution < 1.29 is 18.7 Å². The van der Waals surface area contributed by atoms with Gasteiger partial charge in [-0.3, -0.25) is 9.69 Å². The zero-order valence-electron chi connectivity index (χ0n) is 14.3. The Morgan fingerprint density at radius 3 is 2.85 bits per heavy atom. The van der Waals surface area contributed by atoms with Gasteiger partial charge in [0.25, 0.3) is 0 Å². The van der Waals surface area contributed by atoms with Crippen LogP contribution in [0.5, 0.6) is 5.75 Å². The molecular formula is C19H21FN2O3S. The second-order valence-corrected chi connectivity index (χ2v) is 7.60. The van der Waals surface area contributed by atoms with E-state index >= 15 is 0 Å². The summed E-state index contributed by atoms with van der Waals surface area (Å²) < 4.78 is 25.9. The van der Waals surface area contributed by atoms with Crippen molar-refractivity contribution in [2.75, 3.05) is 13.1 Å². The molecule has 0 spiro atoms. The molecule has 5 nitrogen and oxygen atoms in total. The summed E-state index contributed by atoms with van der Waals surface area (Å²) in [6, 6.07) is 4.98. The van der Waals surface area contributed by atoms with E-state index in [9.17, 15) is 9.18 Å². The summed E-state index contributed by atoms with van der Waals surface area (Å²) in [5.41, 5.74) is 7.92. The molecule has 7 heteroatoms. The first-order valence-corrected chi connectivity index (χ1v) is 9.68. The predicted octanol–water partition coefficient (Wildman–Crippen LogP) is 3.19. The number of primary amides is 1. The predicted molar refractivity (Wildman–Crippen MR) is 96.1 cm³/mol. The van der Waals surface area contributed by atoms with Gasteiger partial charge in [0.15, 0.2) is 0 Å². The molecule has 1 fully saturated rings. The van der Waals surface area contributed by atoms with Crippen LogP contribution in [0.15, 0.2) is 29.0 Å².